The van der Waals surface area contributed by atoms with Crippen LogP contribution < -0.4 is 0 Å². The standard InChI is InChI=1S/C18H23N5O2S/c1-11-7-12(10-26(24,25)13-3-2-4-13)8-14(11)18-22-21-16-9-20-17-15(23(16)18)5-6-19-17/h5-6,9,11-14,19H,2-4,7-8,10H2,1H3/t11-,12+,14+/m1/s1. The fourth-order valence-electron chi connectivity index (χ4n) is 4.71. The average molecular weight is 373 g/mol. The molecular weight excluding hydrogens is 350 g/mol. The van der Waals surface area contributed by atoms with Crippen LogP contribution in [0.3, 0.4) is 0 Å². The van der Waals surface area contributed by atoms with Gasteiger partial charge in [0.1, 0.15) is 5.82 Å². The monoisotopic (exact) mass is 373 g/mol. The fourth-order valence-corrected chi connectivity index (χ4v) is 6.96. The Morgan fingerprint density at radius 3 is 2.88 bits per heavy atom. The molecule has 0 aromatic carbocycles. The first kappa shape index (κ1) is 16.2. The van der Waals surface area contributed by atoms with E-state index < -0.39 is 9.84 Å². The van der Waals surface area contributed by atoms with Crippen LogP contribution in [0, 0.1) is 11.8 Å². The summed E-state index contributed by atoms with van der Waals surface area (Å²) in [5.74, 6) is 2.11. The molecule has 0 spiro atoms. The van der Waals surface area contributed by atoms with Gasteiger partial charge in [-0.3, -0.25) is 4.40 Å². The molecule has 0 unspecified atom stereocenters. The van der Waals surface area contributed by atoms with Crippen molar-refractivity contribution >= 4 is 26.6 Å². The molecule has 3 aromatic heterocycles. The first-order valence-electron chi connectivity index (χ1n) is 9.41. The van der Waals surface area contributed by atoms with Gasteiger partial charge in [-0.25, -0.2) is 13.4 Å². The number of H-pyrrole nitrogens is 1. The van der Waals surface area contributed by atoms with E-state index in [2.05, 4.69) is 31.5 Å². The minimum atomic E-state index is -2.95. The van der Waals surface area contributed by atoms with E-state index in [9.17, 15) is 8.42 Å². The van der Waals surface area contributed by atoms with Gasteiger partial charge < -0.3 is 4.98 Å². The molecule has 0 radical (unpaired) electrons. The summed E-state index contributed by atoms with van der Waals surface area (Å²) in [5, 5.41) is 8.67. The summed E-state index contributed by atoms with van der Waals surface area (Å²) in [4.78, 5) is 7.50. The normalized spacial score (nSPS) is 27.3. The van der Waals surface area contributed by atoms with Crippen molar-refractivity contribution in [2.24, 2.45) is 11.8 Å². The third kappa shape index (κ3) is 2.46. The summed E-state index contributed by atoms with van der Waals surface area (Å²) in [5.41, 5.74) is 2.53. The quantitative estimate of drug-likeness (QED) is 0.759. The zero-order valence-corrected chi connectivity index (χ0v) is 15.6. The molecule has 2 fully saturated rings. The first-order chi connectivity index (χ1) is 12.5. The van der Waals surface area contributed by atoms with E-state index in [0.717, 1.165) is 54.7 Å². The molecule has 0 aliphatic heterocycles. The van der Waals surface area contributed by atoms with Crippen LogP contribution in [0.2, 0.25) is 0 Å². The maximum absolute atomic E-state index is 12.6. The zero-order chi connectivity index (χ0) is 17.9. The van der Waals surface area contributed by atoms with Crippen molar-refractivity contribution in [3.63, 3.8) is 0 Å². The van der Waals surface area contributed by atoms with Crippen LogP contribution >= 0.6 is 0 Å². The van der Waals surface area contributed by atoms with E-state index in [1.807, 2.05) is 12.3 Å². The van der Waals surface area contributed by atoms with Crippen LogP contribution in [0.25, 0.3) is 16.8 Å². The van der Waals surface area contributed by atoms with Crippen molar-refractivity contribution in [3.05, 3.63) is 24.3 Å². The second-order valence-corrected chi connectivity index (χ2v) is 10.4. The van der Waals surface area contributed by atoms with Crippen molar-refractivity contribution in [1.29, 1.82) is 0 Å². The van der Waals surface area contributed by atoms with Gasteiger partial charge in [0, 0.05) is 12.1 Å². The third-order valence-corrected chi connectivity index (χ3v) is 8.73. The van der Waals surface area contributed by atoms with Gasteiger partial charge in [0.15, 0.2) is 21.1 Å². The van der Waals surface area contributed by atoms with Gasteiger partial charge in [0.2, 0.25) is 0 Å². The van der Waals surface area contributed by atoms with Gasteiger partial charge in [-0.2, -0.15) is 0 Å². The lowest BCUT2D eigenvalue weighted by atomic mass is 9.97. The number of fused-ring (bicyclic) bond motifs is 3. The van der Waals surface area contributed by atoms with E-state index >= 15 is 0 Å². The molecule has 3 aromatic rings. The third-order valence-electron chi connectivity index (χ3n) is 6.31. The predicted molar refractivity (Wildman–Crippen MR) is 98.7 cm³/mol. The second-order valence-electron chi connectivity index (χ2n) is 8.03. The first-order valence-corrected chi connectivity index (χ1v) is 11.1. The molecule has 2 saturated carbocycles. The highest BCUT2D eigenvalue weighted by atomic mass is 32.2. The Bertz CT molecular complexity index is 1070. The summed E-state index contributed by atoms with van der Waals surface area (Å²) < 4.78 is 27.2. The summed E-state index contributed by atoms with van der Waals surface area (Å²) in [7, 11) is -2.95. The number of aromatic amines is 1. The van der Waals surface area contributed by atoms with Gasteiger partial charge in [0.25, 0.3) is 0 Å². The molecule has 2 aliphatic rings. The van der Waals surface area contributed by atoms with Crippen molar-refractivity contribution in [3.8, 4) is 0 Å². The summed E-state index contributed by atoms with van der Waals surface area (Å²) in [6.07, 6.45) is 8.15. The van der Waals surface area contributed by atoms with Crippen LogP contribution in [0.4, 0.5) is 0 Å². The van der Waals surface area contributed by atoms with Crippen molar-refractivity contribution < 1.29 is 8.42 Å². The van der Waals surface area contributed by atoms with E-state index in [0.29, 0.717) is 11.7 Å². The molecule has 0 saturated heterocycles. The van der Waals surface area contributed by atoms with Gasteiger partial charge in [-0.1, -0.05) is 13.3 Å². The SMILES string of the molecule is C[C@@H]1C[C@H](CS(=O)(=O)C2CCC2)C[C@@H]1c1nnc2cnc3[nH]ccc3n12. The lowest BCUT2D eigenvalue weighted by Crippen LogP contribution is -2.32. The van der Waals surface area contributed by atoms with E-state index in [1.165, 1.54) is 0 Å². The summed E-state index contributed by atoms with van der Waals surface area (Å²) >= 11 is 0. The molecule has 26 heavy (non-hydrogen) atoms. The summed E-state index contributed by atoms with van der Waals surface area (Å²) in [6, 6.07) is 1.99. The predicted octanol–water partition coefficient (Wildman–Crippen LogP) is 2.70. The Hall–Kier alpha value is -1.96. The molecule has 2 aliphatic carbocycles. The maximum Gasteiger partial charge on any atom is 0.179 e. The number of rotatable bonds is 4. The lowest BCUT2D eigenvalue weighted by molar-refractivity contribution is 0.465. The van der Waals surface area contributed by atoms with Gasteiger partial charge >= 0.3 is 0 Å². The number of sulfone groups is 1. The number of nitrogens with one attached hydrogen (secondary N) is 1. The molecule has 0 amide bonds. The minimum absolute atomic E-state index is 0.0867. The molecular formula is C18H23N5O2S. The van der Waals surface area contributed by atoms with Crippen LogP contribution in [0.15, 0.2) is 18.5 Å². The van der Waals surface area contributed by atoms with Gasteiger partial charge in [-0.05, 0) is 43.6 Å². The van der Waals surface area contributed by atoms with E-state index in [-0.39, 0.29) is 17.1 Å². The number of aromatic nitrogens is 5. The van der Waals surface area contributed by atoms with Crippen molar-refractivity contribution in [2.75, 3.05) is 5.75 Å². The molecule has 7 nitrogen and oxygen atoms in total. The molecule has 8 heteroatoms. The van der Waals surface area contributed by atoms with Gasteiger partial charge in [-0.15, -0.1) is 10.2 Å². The highest BCUT2D eigenvalue weighted by Gasteiger charge is 2.40. The zero-order valence-electron chi connectivity index (χ0n) is 14.8. The van der Waals surface area contributed by atoms with Crippen molar-refractivity contribution in [1.82, 2.24) is 24.6 Å². The Morgan fingerprint density at radius 1 is 1.27 bits per heavy atom. The number of hydrogen-bond donors (Lipinski definition) is 1. The fraction of sp³-hybridized carbons (Fsp3) is 0.611. The van der Waals surface area contributed by atoms with Crippen LogP contribution in [0.5, 0.6) is 0 Å². The maximum atomic E-state index is 12.6. The second kappa shape index (κ2) is 5.77. The average Bonchev–Trinajstić information content (AvgIpc) is 3.21. The molecule has 0 bridgehead atoms. The smallest absolute Gasteiger partial charge is 0.179 e. The van der Waals surface area contributed by atoms with Crippen LogP contribution in [0.1, 0.15) is 50.8 Å². The topological polar surface area (TPSA) is 93.0 Å². The lowest BCUT2D eigenvalue weighted by Gasteiger charge is -2.26. The Kier molecular flexibility index (Phi) is 3.60. The van der Waals surface area contributed by atoms with Crippen LogP contribution in [-0.4, -0.2) is 44.0 Å². The van der Waals surface area contributed by atoms with Crippen LogP contribution in [-0.2, 0) is 9.84 Å². The Balaban J connectivity index is 1.45. The molecule has 3 atom stereocenters. The van der Waals surface area contributed by atoms with E-state index in [1.54, 1.807) is 6.20 Å². The minimum Gasteiger partial charge on any atom is -0.345 e. The Morgan fingerprint density at radius 2 is 2.12 bits per heavy atom. The molecule has 138 valence electrons. The molecule has 3 heterocycles. The largest absolute Gasteiger partial charge is 0.345 e. The summed E-state index contributed by atoms with van der Waals surface area (Å²) in [6.45, 7) is 2.21. The molecule has 1 N–H and O–H groups in total. The van der Waals surface area contributed by atoms with Crippen molar-refractivity contribution in [2.45, 2.75) is 50.2 Å². The highest BCUT2D eigenvalue weighted by molar-refractivity contribution is 7.92. The Labute approximate surface area is 152 Å². The number of nitrogens with zero attached hydrogens (tertiary/aromatic N) is 4. The molecule has 5 rings (SSSR count). The van der Waals surface area contributed by atoms with Gasteiger partial charge in [0.05, 0.1) is 22.7 Å². The highest BCUT2D eigenvalue weighted by Crippen LogP contribution is 2.44. The van der Waals surface area contributed by atoms with E-state index in [4.69, 9.17) is 0 Å². The number of hydrogen-bond acceptors (Lipinski definition) is 5.